The minimum atomic E-state index is -3.57. The molecule has 122 valence electrons. The second kappa shape index (κ2) is 7.81. The Morgan fingerprint density at radius 3 is 2.62 bits per heavy atom. The van der Waals surface area contributed by atoms with Crippen molar-refractivity contribution >= 4 is 33.8 Å². The second-order valence-electron chi connectivity index (χ2n) is 5.91. The van der Waals surface area contributed by atoms with E-state index in [1.807, 2.05) is 0 Å². The van der Waals surface area contributed by atoms with Gasteiger partial charge in [-0.1, -0.05) is 19.6 Å². The first kappa shape index (κ1) is 18.8. The van der Waals surface area contributed by atoms with Gasteiger partial charge >= 0.3 is 0 Å². The number of nitrogens with zero attached hydrogens (tertiary/aromatic N) is 3. The Hall–Kier alpha value is -0.293. The van der Waals surface area contributed by atoms with Crippen LogP contribution >= 0.6 is 15.9 Å². The monoisotopic (exact) mass is 399 g/mol. The predicted octanol–water partition coefficient (Wildman–Crippen LogP) is 1.51. The van der Waals surface area contributed by atoms with E-state index < -0.39 is 17.9 Å². The number of rotatable bonds is 9. The summed E-state index contributed by atoms with van der Waals surface area (Å²) < 4.78 is 31.2. The maximum absolute atomic E-state index is 12.1. The van der Waals surface area contributed by atoms with Gasteiger partial charge in [-0.05, 0) is 28.4 Å². The fourth-order valence-corrected chi connectivity index (χ4v) is 4.06. The topological polar surface area (TPSA) is 94.3 Å². The van der Waals surface area contributed by atoms with Gasteiger partial charge < -0.3 is 9.84 Å². The number of halogens is 1. The fourth-order valence-electron chi connectivity index (χ4n) is 1.49. The van der Waals surface area contributed by atoms with E-state index in [1.54, 1.807) is 0 Å². The fraction of sp³-hybridized carbons (Fsp3) is 0.818. The highest BCUT2D eigenvalue weighted by Crippen LogP contribution is 2.14. The number of aliphatic hydroxyl groups excluding tert-OH is 1. The number of ether oxygens (including phenoxy) is 1. The maximum Gasteiger partial charge on any atom is 0.248 e. The van der Waals surface area contributed by atoms with Gasteiger partial charge in [0.2, 0.25) is 19.7 Å². The van der Waals surface area contributed by atoms with Gasteiger partial charge in [0.25, 0.3) is 0 Å². The van der Waals surface area contributed by atoms with Crippen molar-refractivity contribution in [2.75, 3.05) is 19.0 Å². The molecule has 0 atom stereocenters. The molecule has 1 aromatic heterocycles. The minimum absolute atomic E-state index is 0.0523. The summed E-state index contributed by atoms with van der Waals surface area (Å²) >= 11 is 3.08. The van der Waals surface area contributed by atoms with Crippen molar-refractivity contribution in [1.29, 1.82) is 0 Å². The van der Waals surface area contributed by atoms with Gasteiger partial charge in [0.1, 0.15) is 6.73 Å². The molecule has 0 saturated carbocycles. The summed E-state index contributed by atoms with van der Waals surface area (Å²) in [5.41, 5.74) is 0. The second-order valence-corrected chi connectivity index (χ2v) is 14.2. The summed E-state index contributed by atoms with van der Waals surface area (Å²) in [5.74, 6) is -0.163. The van der Waals surface area contributed by atoms with E-state index in [-0.39, 0.29) is 35.4 Å². The lowest BCUT2D eigenvalue weighted by molar-refractivity contribution is 0.0712. The van der Waals surface area contributed by atoms with E-state index in [0.717, 1.165) is 6.04 Å². The molecule has 21 heavy (non-hydrogen) atoms. The van der Waals surface area contributed by atoms with Crippen molar-refractivity contribution in [3.63, 3.8) is 0 Å². The van der Waals surface area contributed by atoms with Gasteiger partial charge in [-0.15, -0.1) is 5.10 Å². The standard InChI is InChI=1S/C11H22BrN3O4SSi/c1-21(2,3)8-6-19-9-15-11(13-10(12)14-15)20(17,18)7-4-5-16/h16H,4-9H2,1-3H3. The number of aliphatic hydroxyl groups is 1. The lowest BCUT2D eigenvalue weighted by Gasteiger charge is -2.15. The number of aromatic nitrogens is 3. The number of sulfone groups is 1. The highest BCUT2D eigenvalue weighted by atomic mass is 79.9. The molecule has 1 heterocycles. The van der Waals surface area contributed by atoms with Crippen molar-refractivity contribution in [3.05, 3.63) is 4.73 Å². The largest absolute Gasteiger partial charge is 0.396 e. The van der Waals surface area contributed by atoms with Crippen LogP contribution in [0, 0.1) is 0 Å². The third kappa shape index (κ3) is 6.55. The lowest BCUT2D eigenvalue weighted by Crippen LogP contribution is -2.23. The molecular formula is C11H22BrN3O4SSi. The molecule has 1 rings (SSSR count). The molecule has 0 saturated heterocycles. The van der Waals surface area contributed by atoms with Crippen LogP contribution in [0.1, 0.15) is 6.42 Å². The van der Waals surface area contributed by atoms with Crippen LogP contribution in [0.2, 0.25) is 25.7 Å². The Morgan fingerprint density at radius 2 is 2.05 bits per heavy atom. The molecule has 0 aliphatic rings. The quantitative estimate of drug-likeness (QED) is 0.499. The zero-order chi connectivity index (χ0) is 16.1. The first-order chi connectivity index (χ1) is 9.65. The van der Waals surface area contributed by atoms with E-state index in [2.05, 4.69) is 45.7 Å². The Labute approximate surface area is 134 Å². The normalized spacial score (nSPS) is 12.8. The minimum Gasteiger partial charge on any atom is -0.396 e. The van der Waals surface area contributed by atoms with Gasteiger partial charge in [0.05, 0.1) is 5.75 Å². The van der Waals surface area contributed by atoms with Crippen LogP contribution in [0.3, 0.4) is 0 Å². The first-order valence-corrected chi connectivity index (χ1v) is 12.8. The highest BCUT2D eigenvalue weighted by molar-refractivity contribution is 9.10. The van der Waals surface area contributed by atoms with Gasteiger partial charge in [0.15, 0.2) is 0 Å². The van der Waals surface area contributed by atoms with E-state index in [9.17, 15) is 8.42 Å². The molecule has 0 bridgehead atoms. The summed E-state index contributed by atoms with van der Waals surface area (Å²) in [6, 6.07) is 0.995. The maximum atomic E-state index is 12.1. The molecule has 0 radical (unpaired) electrons. The van der Waals surface area contributed by atoms with Crippen molar-refractivity contribution in [1.82, 2.24) is 14.8 Å². The van der Waals surface area contributed by atoms with E-state index >= 15 is 0 Å². The average molecular weight is 400 g/mol. The van der Waals surface area contributed by atoms with Crippen molar-refractivity contribution in [2.45, 2.75) is 44.0 Å². The average Bonchev–Trinajstić information content (AvgIpc) is 2.73. The lowest BCUT2D eigenvalue weighted by atomic mass is 10.5. The summed E-state index contributed by atoms with van der Waals surface area (Å²) in [7, 11) is -4.75. The van der Waals surface area contributed by atoms with Crippen LogP contribution < -0.4 is 0 Å². The van der Waals surface area contributed by atoms with Gasteiger partial charge in [-0.25, -0.2) is 13.1 Å². The molecule has 0 spiro atoms. The molecule has 0 aromatic carbocycles. The van der Waals surface area contributed by atoms with Crippen molar-refractivity contribution < 1.29 is 18.3 Å². The van der Waals surface area contributed by atoms with Gasteiger partial charge in [0, 0.05) is 21.3 Å². The zero-order valence-electron chi connectivity index (χ0n) is 12.5. The van der Waals surface area contributed by atoms with Crippen LogP contribution in [0.15, 0.2) is 9.89 Å². The molecular weight excluding hydrogens is 378 g/mol. The Morgan fingerprint density at radius 1 is 1.38 bits per heavy atom. The van der Waals surface area contributed by atoms with Crippen molar-refractivity contribution in [2.24, 2.45) is 0 Å². The van der Waals surface area contributed by atoms with Crippen LogP contribution in [-0.2, 0) is 21.3 Å². The molecule has 10 heteroatoms. The zero-order valence-corrected chi connectivity index (χ0v) is 15.9. The third-order valence-electron chi connectivity index (χ3n) is 2.67. The summed E-state index contributed by atoms with van der Waals surface area (Å²) in [4.78, 5) is 3.89. The van der Waals surface area contributed by atoms with Crippen LogP contribution in [0.25, 0.3) is 0 Å². The molecule has 0 fully saturated rings. The summed E-state index contributed by atoms with van der Waals surface area (Å²) in [5, 5.41) is 12.6. The number of hydrogen-bond acceptors (Lipinski definition) is 6. The van der Waals surface area contributed by atoms with Crippen LogP contribution in [0.5, 0.6) is 0 Å². The van der Waals surface area contributed by atoms with Crippen LogP contribution in [0.4, 0.5) is 0 Å². The molecule has 0 unspecified atom stereocenters. The Kier molecular flexibility index (Phi) is 6.98. The molecule has 0 aliphatic heterocycles. The smallest absolute Gasteiger partial charge is 0.248 e. The van der Waals surface area contributed by atoms with Crippen LogP contribution in [-0.4, -0.2) is 55.3 Å². The first-order valence-electron chi connectivity index (χ1n) is 6.67. The third-order valence-corrected chi connectivity index (χ3v) is 6.40. The summed E-state index contributed by atoms with van der Waals surface area (Å²) in [6.45, 7) is 7.18. The highest BCUT2D eigenvalue weighted by Gasteiger charge is 2.23. The van der Waals surface area contributed by atoms with Gasteiger partial charge in [-0.3, -0.25) is 0 Å². The Balaban J connectivity index is 2.71. The molecule has 0 amide bonds. The molecule has 0 aliphatic carbocycles. The van der Waals surface area contributed by atoms with Gasteiger partial charge in [-0.2, -0.15) is 4.98 Å². The molecule has 7 nitrogen and oxygen atoms in total. The summed E-state index contributed by atoms with van der Waals surface area (Å²) in [6.07, 6.45) is 0.170. The number of hydrogen-bond donors (Lipinski definition) is 1. The van der Waals surface area contributed by atoms with E-state index in [0.29, 0.717) is 6.61 Å². The molecule has 1 N–H and O–H groups in total. The molecule has 1 aromatic rings. The van der Waals surface area contributed by atoms with E-state index in [4.69, 9.17) is 9.84 Å². The van der Waals surface area contributed by atoms with E-state index in [1.165, 1.54) is 4.68 Å². The predicted molar refractivity (Wildman–Crippen MR) is 85.6 cm³/mol. The Bertz CT molecular complexity index is 556. The van der Waals surface area contributed by atoms with Crippen molar-refractivity contribution in [3.8, 4) is 0 Å². The SMILES string of the molecule is C[Si](C)(C)CCOCn1nc(Br)nc1S(=O)(=O)CCCO.